The SMILES string of the molecule is CC(C(=O)c1ccc2[nH]c(=O)oc2c1)N1CCC(O)(c2cccs2)CC1. The van der Waals surface area contributed by atoms with Gasteiger partial charge in [-0.1, -0.05) is 6.07 Å². The van der Waals surface area contributed by atoms with Crippen LogP contribution in [0.25, 0.3) is 11.1 Å². The monoisotopic (exact) mass is 372 g/mol. The summed E-state index contributed by atoms with van der Waals surface area (Å²) in [6.07, 6.45) is 1.22. The lowest BCUT2D eigenvalue weighted by Crippen LogP contribution is -2.48. The summed E-state index contributed by atoms with van der Waals surface area (Å²) in [6.45, 7) is 3.20. The topological polar surface area (TPSA) is 86.5 Å². The Morgan fingerprint density at radius 2 is 2.12 bits per heavy atom. The Bertz CT molecular complexity index is 981. The summed E-state index contributed by atoms with van der Waals surface area (Å²) in [5.74, 6) is -0.543. The number of piperidine rings is 1. The van der Waals surface area contributed by atoms with Crippen LogP contribution in [0.3, 0.4) is 0 Å². The molecular weight excluding hydrogens is 352 g/mol. The Morgan fingerprint density at radius 1 is 1.35 bits per heavy atom. The fraction of sp³-hybridized carbons (Fsp3) is 0.368. The normalized spacial score (nSPS) is 18.8. The number of hydrogen-bond acceptors (Lipinski definition) is 6. The quantitative estimate of drug-likeness (QED) is 0.688. The van der Waals surface area contributed by atoms with Gasteiger partial charge < -0.3 is 9.52 Å². The first-order valence-electron chi connectivity index (χ1n) is 8.64. The van der Waals surface area contributed by atoms with Crippen LogP contribution in [-0.4, -0.2) is 39.9 Å². The molecule has 6 nitrogen and oxygen atoms in total. The number of likely N-dealkylation sites (tertiary alicyclic amines) is 1. The maximum Gasteiger partial charge on any atom is 0.417 e. The van der Waals surface area contributed by atoms with E-state index in [9.17, 15) is 14.7 Å². The third-order valence-electron chi connectivity index (χ3n) is 5.24. The second kappa shape index (κ2) is 6.50. The molecule has 4 rings (SSSR count). The van der Waals surface area contributed by atoms with Crippen LogP contribution in [0.5, 0.6) is 0 Å². The Morgan fingerprint density at radius 3 is 2.81 bits per heavy atom. The van der Waals surface area contributed by atoms with Crippen LogP contribution < -0.4 is 5.76 Å². The third kappa shape index (κ3) is 3.02. The first kappa shape index (κ1) is 17.2. The van der Waals surface area contributed by atoms with Crippen molar-refractivity contribution < 1.29 is 14.3 Å². The second-order valence-corrected chi connectivity index (χ2v) is 7.76. The molecule has 1 aliphatic rings. The third-order valence-corrected chi connectivity index (χ3v) is 6.30. The molecule has 1 aliphatic heterocycles. The summed E-state index contributed by atoms with van der Waals surface area (Å²) in [5.41, 5.74) is 0.699. The number of carbonyl (C=O) groups excluding carboxylic acids is 1. The molecule has 0 amide bonds. The number of nitrogens with zero attached hydrogens (tertiary/aromatic N) is 1. The molecule has 26 heavy (non-hydrogen) atoms. The van der Waals surface area contributed by atoms with Crippen molar-refractivity contribution in [1.29, 1.82) is 0 Å². The summed E-state index contributed by atoms with van der Waals surface area (Å²) in [4.78, 5) is 29.8. The van der Waals surface area contributed by atoms with Crippen LogP contribution in [0, 0.1) is 0 Å². The lowest BCUT2D eigenvalue weighted by Gasteiger charge is -2.40. The van der Waals surface area contributed by atoms with E-state index >= 15 is 0 Å². The van der Waals surface area contributed by atoms with Crippen molar-refractivity contribution in [1.82, 2.24) is 9.88 Å². The van der Waals surface area contributed by atoms with Gasteiger partial charge in [0.15, 0.2) is 11.4 Å². The highest BCUT2D eigenvalue weighted by molar-refractivity contribution is 7.10. The number of hydrogen-bond donors (Lipinski definition) is 2. The van der Waals surface area contributed by atoms with Crippen LogP contribution in [0.15, 0.2) is 44.9 Å². The average molecular weight is 372 g/mol. The van der Waals surface area contributed by atoms with E-state index < -0.39 is 11.4 Å². The molecule has 1 saturated heterocycles. The molecule has 1 unspecified atom stereocenters. The van der Waals surface area contributed by atoms with Crippen LogP contribution >= 0.6 is 11.3 Å². The lowest BCUT2D eigenvalue weighted by molar-refractivity contribution is -0.0290. The minimum Gasteiger partial charge on any atom is -0.408 e. The van der Waals surface area contributed by atoms with E-state index in [-0.39, 0.29) is 11.8 Å². The Kier molecular flexibility index (Phi) is 4.30. The molecule has 1 atom stereocenters. The molecule has 0 bridgehead atoms. The number of fused-ring (bicyclic) bond motifs is 1. The minimum atomic E-state index is -0.791. The summed E-state index contributed by atoms with van der Waals surface area (Å²) in [5, 5.41) is 12.8. The summed E-state index contributed by atoms with van der Waals surface area (Å²) >= 11 is 1.57. The van der Waals surface area contributed by atoms with Gasteiger partial charge in [0.05, 0.1) is 11.6 Å². The fourth-order valence-electron chi connectivity index (χ4n) is 3.58. The number of aliphatic hydroxyl groups is 1. The maximum absolute atomic E-state index is 12.9. The van der Waals surface area contributed by atoms with E-state index in [0.717, 1.165) is 4.88 Å². The highest BCUT2D eigenvalue weighted by Crippen LogP contribution is 2.36. The number of H-pyrrole nitrogens is 1. The summed E-state index contributed by atoms with van der Waals surface area (Å²) < 4.78 is 5.04. The number of aromatic nitrogens is 1. The molecule has 7 heteroatoms. The van der Waals surface area contributed by atoms with E-state index in [1.165, 1.54) is 0 Å². The van der Waals surface area contributed by atoms with Crippen molar-refractivity contribution in [3.05, 3.63) is 56.7 Å². The predicted molar refractivity (Wildman–Crippen MR) is 99.7 cm³/mol. The zero-order valence-electron chi connectivity index (χ0n) is 14.4. The van der Waals surface area contributed by atoms with Crippen LogP contribution in [-0.2, 0) is 5.60 Å². The van der Waals surface area contributed by atoms with Gasteiger partial charge in [-0.2, -0.15) is 0 Å². The number of ketones is 1. The predicted octanol–water partition coefficient (Wildman–Crippen LogP) is 2.74. The molecule has 0 saturated carbocycles. The highest BCUT2D eigenvalue weighted by Gasteiger charge is 2.37. The summed E-state index contributed by atoms with van der Waals surface area (Å²) in [7, 11) is 0. The minimum absolute atomic E-state index is 0.0164. The molecule has 0 spiro atoms. The van der Waals surface area contributed by atoms with Gasteiger partial charge in [-0.15, -0.1) is 11.3 Å². The zero-order chi connectivity index (χ0) is 18.3. The first-order valence-corrected chi connectivity index (χ1v) is 9.52. The van der Waals surface area contributed by atoms with Crippen molar-refractivity contribution in [2.75, 3.05) is 13.1 Å². The maximum atomic E-state index is 12.9. The van der Waals surface area contributed by atoms with Crippen LogP contribution in [0.4, 0.5) is 0 Å². The molecule has 2 N–H and O–H groups in total. The molecule has 3 aromatic rings. The molecule has 1 fully saturated rings. The van der Waals surface area contributed by atoms with Crippen molar-refractivity contribution in [3.63, 3.8) is 0 Å². The number of oxazole rings is 1. The van der Waals surface area contributed by atoms with E-state index in [0.29, 0.717) is 42.6 Å². The number of aromatic amines is 1. The molecular formula is C19H20N2O4S. The van der Waals surface area contributed by atoms with Gasteiger partial charge in [0.2, 0.25) is 0 Å². The van der Waals surface area contributed by atoms with Gasteiger partial charge in [-0.3, -0.25) is 14.7 Å². The van der Waals surface area contributed by atoms with Gasteiger partial charge in [0.1, 0.15) is 5.60 Å². The Balaban J connectivity index is 1.48. The smallest absolute Gasteiger partial charge is 0.408 e. The summed E-state index contributed by atoms with van der Waals surface area (Å²) in [6, 6.07) is 8.62. The van der Waals surface area contributed by atoms with Gasteiger partial charge in [-0.25, -0.2) is 4.79 Å². The van der Waals surface area contributed by atoms with Crippen LogP contribution in [0.1, 0.15) is 35.0 Å². The molecule has 3 heterocycles. The molecule has 1 aromatic carbocycles. The van der Waals surface area contributed by atoms with Crippen molar-refractivity contribution in [2.24, 2.45) is 0 Å². The highest BCUT2D eigenvalue weighted by atomic mass is 32.1. The van der Waals surface area contributed by atoms with Gasteiger partial charge >= 0.3 is 5.76 Å². The van der Waals surface area contributed by atoms with Crippen molar-refractivity contribution in [2.45, 2.75) is 31.4 Å². The molecule has 0 radical (unpaired) electrons. The number of benzene rings is 1. The van der Waals surface area contributed by atoms with Crippen molar-refractivity contribution >= 4 is 28.2 Å². The largest absolute Gasteiger partial charge is 0.417 e. The van der Waals surface area contributed by atoms with Crippen LogP contribution in [0.2, 0.25) is 0 Å². The number of carbonyl (C=O) groups is 1. The Hall–Kier alpha value is -2.22. The standard InChI is InChI=1S/C19H20N2O4S/c1-12(17(22)13-4-5-14-15(11-13)25-18(23)20-14)21-8-6-19(24,7-9-21)16-3-2-10-26-16/h2-5,10-12,24H,6-9H2,1H3,(H,20,23). The van der Waals surface area contributed by atoms with Gasteiger partial charge in [0.25, 0.3) is 0 Å². The Labute approximate surface area is 154 Å². The van der Waals surface area contributed by atoms with Gasteiger partial charge in [-0.05, 0) is 49.4 Å². The molecule has 0 aliphatic carbocycles. The zero-order valence-corrected chi connectivity index (χ0v) is 15.2. The molecule has 2 aromatic heterocycles. The first-order chi connectivity index (χ1) is 12.5. The number of nitrogens with one attached hydrogen (secondary N) is 1. The van der Waals surface area contributed by atoms with Gasteiger partial charge in [0, 0.05) is 23.5 Å². The second-order valence-electron chi connectivity index (χ2n) is 6.81. The van der Waals surface area contributed by atoms with E-state index in [2.05, 4.69) is 9.88 Å². The number of rotatable bonds is 4. The lowest BCUT2D eigenvalue weighted by atomic mass is 9.88. The van der Waals surface area contributed by atoms with E-state index in [1.807, 2.05) is 24.4 Å². The fourth-order valence-corrected chi connectivity index (χ4v) is 4.46. The van der Waals surface area contributed by atoms with E-state index in [4.69, 9.17) is 4.42 Å². The number of thiophene rings is 1. The average Bonchev–Trinajstić information content (AvgIpc) is 3.29. The van der Waals surface area contributed by atoms with E-state index in [1.54, 1.807) is 29.5 Å². The number of Topliss-reactive ketones (excluding diaryl/α,β-unsaturated/α-hetero) is 1. The molecule has 136 valence electrons. The van der Waals surface area contributed by atoms with Crippen molar-refractivity contribution in [3.8, 4) is 0 Å².